The van der Waals surface area contributed by atoms with Crippen molar-refractivity contribution in [3.63, 3.8) is 0 Å². The second-order valence-electron chi connectivity index (χ2n) is 5.19. The van der Waals surface area contributed by atoms with E-state index in [1.54, 1.807) is 13.0 Å². The van der Waals surface area contributed by atoms with Gasteiger partial charge in [0.15, 0.2) is 11.6 Å². The molecule has 1 unspecified atom stereocenters. The van der Waals surface area contributed by atoms with Gasteiger partial charge in [0.05, 0.1) is 19.3 Å². The maximum absolute atomic E-state index is 12.5. The summed E-state index contributed by atoms with van der Waals surface area (Å²) in [6, 6.07) is 2.80. The van der Waals surface area contributed by atoms with Gasteiger partial charge in [0.1, 0.15) is 11.2 Å². The first-order valence-electron chi connectivity index (χ1n) is 7.20. The van der Waals surface area contributed by atoms with Gasteiger partial charge in [-0.3, -0.25) is 0 Å². The van der Waals surface area contributed by atoms with Crippen molar-refractivity contribution in [3.05, 3.63) is 30.5 Å². The van der Waals surface area contributed by atoms with Gasteiger partial charge in [0.2, 0.25) is 10.0 Å². The maximum atomic E-state index is 12.5. The molecular weight excluding hydrogens is 320 g/mol. The zero-order valence-electron chi connectivity index (χ0n) is 12.7. The SMILES string of the molecule is CC(N)c1ncnn1-c1ccc(S(=O)(=O)N2CCOCC2)cn1. The zero-order chi connectivity index (χ0) is 16.4. The lowest BCUT2D eigenvalue weighted by molar-refractivity contribution is 0.0730. The molecule has 1 fully saturated rings. The topological polar surface area (TPSA) is 116 Å². The van der Waals surface area contributed by atoms with Crippen LogP contribution in [0.2, 0.25) is 0 Å². The fraction of sp³-hybridized carbons (Fsp3) is 0.462. The Labute approximate surface area is 134 Å². The molecule has 0 aromatic carbocycles. The summed E-state index contributed by atoms with van der Waals surface area (Å²) in [4.78, 5) is 8.42. The molecule has 0 amide bonds. The Morgan fingerprint density at radius 1 is 1.26 bits per heavy atom. The molecule has 10 heteroatoms. The van der Waals surface area contributed by atoms with E-state index in [9.17, 15) is 8.42 Å². The lowest BCUT2D eigenvalue weighted by Crippen LogP contribution is -2.40. The molecule has 23 heavy (non-hydrogen) atoms. The van der Waals surface area contributed by atoms with Crippen molar-refractivity contribution in [1.29, 1.82) is 0 Å². The fourth-order valence-electron chi connectivity index (χ4n) is 2.32. The van der Waals surface area contributed by atoms with E-state index >= 15 is 0 Å². The molecule has 3 heterocycles. The minimum atomic E-state index is -3.55. The first kappa shape index (κ1) is 16.0. The second kappa shape index (κ2) is 6.32. The van der Waals surface area contributed by atoms with Crippen LogP contribution in [0.3, 0.4) is 0 Å². The van der Waals surface area contributed by atoms with E-state index in [0.717, 1.165) is 0 Å². The molecule has 9 nitrogen and oxygen atoms in total. The molecule has 1 aliphatic heterocycles. The van der Waals surface area contributed by atoms with Crippen LogP contribution in [0.5, 0.6) is 0 Å². The van der Waals surface area contributed by atoms with Crippen LogP contribution in [0, 0.1) is 0 Å². The van der Waals surface area contributed by atoms with E-state index in [2.05, 4.69) is 15.1 Å². The summed E-state index contributed by atoms with van der Waals surface area (Å²) in [7, 11) is -3.55. The highest BCUT2D eigenvalue weighted by molar-refractivity contribution is 7.89. The van der Waals surface area contributed by atoms with Crippen molar-refractivity contribution in [3.8, 4) is 5.82 Å². The van der Waals surface area contributed by atoms with Crippen LogP contribution in [0.25, 0.3) is 5.82 Å². The number of pyridine rings is 1. The van der Waals surface area contributed by atoms with Gasteiger partial charge in [0, 0.05) is 19.3 Å². The van der Waals surface area contributed by atoms with Crippen LogP contribution < -0.4 is 5.73 Å². The summed E-state index contributed by atoms with van der Waals surface area (Å²) in [5.41, 5.74) is 5.83. The maximum Gasteiger partial charge on any atom is 0.244 e. The van der Waals surface area contributed by atoms with Gasteiger partial charge in [-0.2, -0.15) is 14.1 Å². The minimum Gasteiger partial charge on any atom is -0.379 e. The number of rotatable bonds is 4. The molecule has 0 radical (unpaired) electrons. The minimum absolute atomic E-state index is 0.144. The highest BCUT2D eigenvalue weighted by Crippen LogP contribution is 2.18. The summed E-state index contributed by atoms with van der Waals surface area (Å²) < 4.78 is 33.1. The first-order chi connectivity index (χ1) is 11.0. The molecule has 2 N–H and O–H groups in total. The Morgan fingerprint density at radius 3 is 2.61 bits per heavy atom. The normalized spacial score (nSPS) is 18.0. The Kier molecular flexibility index (Phi) is 4.39. The fourth-order valence-corrected chi connectivity index (χ4v) is 3.68. The Morgan fingerprint density at radius 2 is 2.00 bits per heavy atom. The average Bonchev–Trinajstić information content (AvgIpc) is 3.06. The molecule has 0 spiro atoms. The summed E-state index contributed by atoms with van der Waals surface area (Å²) in [6.07, 6.45) is 2.71. The monoisotopic (exact) mass is 338 g/mol. The molecule has 3 rings (SSSR count). The van der Waals surface area contributed by atoms with Crippen molar-refractivity contribution in [2.45, 2.75) is 17.9 Å². The number of nitrogens with zero attached hydrogens (tertiary/aromatic N) is 5. The van der Waals surface area contributed by atoms with E-state index in [-0.39, 0.29) is 10.9 Å². The lowest BCUT2D eigenvalue weighted by atomic mass is 10.3. The second-order valence-corrected chi connectivity index (χ2v) is 7.13. The molecule has 1 saturated heterocycles. The van der Waals surface area contributed by atoms with Crippen molar-refractivity contribution in [2.24, 2.45) is 5.73 Å². The van der Waals surface area contributed by atoms with E-state index in [0.29, 0.717) is 37.9 Å². The lowest BCUT2D eigenvalue weighted by Gasteiger charge is -2.25. The molecule has 1 atom stereocenters. The Hall–Kier alpha value is -1.88. The van der Waals surface area contributed by atoms with E-state index < -0.39 is 10.0 Å². The molecule has 2 aromatic heterocycles. The number of hydrogen-bond donors (Lipinski definition) is 1. The van der Waals surface area contributed by atoms with Crippen molar-refractivity contribution >= 4 is 10.0 Å². The Balaban J connectivity index is 1.88. The third kappa shape index (κ3) is 3.11. The van der Waals surface area contributed by atoms with Gasteiger partial charge in [0.25, 0.3) is 0 Å². The smallest absolute Gasteiger partial charge is 0.244 e. The van der Waals surface area contributed by atoms with Gasteiger partial charge >= 0.3 is 0 Å². The molecule has 124 valence electrons. The van der Waals surface area contributed by atoms with E-state index in [1.165, 1.54) is 27.6 Å². The van der Waals surface area contributed by atoms with Crippen molar-refractivity contribution in [2.75, 3.05) is 26.3 Å². The standard InChI is InChI=1S/C13H18N6O3S/c1-10(14)13-16-9-17-19(13)12-3-2-11(8-15-12)23(20,21)18-4-6-22-7-5-18/h2-3,8-10H,4-7,14H2,1H3. The molecule has 2 aromatic rings. The van der Waals surface area contributed by atoms with Gasteiger partial charge in [-0.1, -0.05) is 0 Å². The molecule has 0 aliphatic carbocycles. The van der Waals surface area contributed by atoms with Crippen LogP contribution in [-0.2, 0) is 14.8 Å². The number of aromatic nitrogens is 4. The Bertz CT molecular complexity index is 765. The zero-order valence-corrected chi connectivity index (χ0v) is 13.5. The summed E-state index contributed by atoms with van der Waals surface area (Å²) in [5.74, 6) is 1.03. The summed E-state index contributed by atoms with van der Waals surface area (Å²) in [6.45, 7) is 3.30. The third-order valence-electron chi connectivity index (χ3n) is 3.53. The van der Waals surface area contributed by atoms with E-state index in [4.69, 9.17) is 10.5 Å². The number of sulfonamides is 1. The molecular formula is C13H18N6O3S. The molecule has 0 bridgehead atoms. The first-order valence-corrected chi connectivity index (χ1v) is 8.64. The van der Waals surface area contributed by atoms with Crippen LogP contribution in [0.1, 0.15) is 18.8 Å². The van der Waals surface area contributed by atoms with Crippen molar-refractivity contribution < 1.29 is 13.2 Å². The van der Waals surface area contributed by atoms with Crippen LogP contribution >= 0.6 is 0 Å². The predicted molar refractivity (Wildman–Crippen MR) is 81.3 cm³/mol. The highest BCUT2D eigenvalue weighted by atomic mass is 32.2. The largest absolute Gasteiger partial charge is 0.379 e. The highest BCUT2D eigenvalue weighted by Gasteiger charge is 2.26. The van der Waals surface area contributed by atoms with E-state index in [1.807, 2.05) is 0 Å². The third-order valence-corrected chi connectivity index (χ3v) is 5.41. The number of hydrogen-bond acceptors (Lipinski definition) is 7. The van der Waals surface area contributed by atoms with Gasteiger partial charge in [-0.25, -0.2) is 18.4 Å². The number of ether oxygens (including phenoxy) is 1. The molecule has 1 aliphatic rings. The number of morpholine rings is 1. The van der Waals surface area contributed by atoms with Gasteiger partial charge in [-0.05, 0) is 19.1 Å². The van der Waals surface area contributed by atoms with Crippen LogP contribution in [0.4, 0.5) is 0 Å². The summed E-state index contributed by atoms with van der Waals surface area (Å²) in [5, 5.41) is 4.08. The van der Waals surface area contributed by atoms with Crippen LogP contribution in [0.15, 0.2) is 29.6 Å². The predicted octanol–water partition coefficient (Wildman–Crippen LogP) is -0.297. The van der Waals surface area contributed by atoms with Gasteiger partial charge < -0.3 is 10.5 Å². The van der Waals surface area contributed by atoms with Crippen LogP contribution in [-0.4, -0.2) is 58.8 Å². The number of nitrogens with two attached hydrogens (primary N) is 1. The van der Waals surface area contributed by atoms with Crippen molar-refractivity contribution in [1.82, 2.24) is 24.1 Å². The quantitative estimate of drug-likeness (QED) is 0.813. The van der Waals surface area contributed by atoms with Gasteiger partial charge in [-0.15, -0.1) is 0 Å². The average molecular weight is 338 g/mol. The molecule has 0 saturated carbocycles. The summed E-state index contributed by atoms with van der Waals surface area (Å²) >= 11 is 0.